The number of pyridine rings is 1. The third kappa shape index (κ3) is 5.18. The van der Waals surface area contributed by atoms with Gasteiger partial charge in [0.25, 0.3) is 0 Å². The first kappa shape index (κ1) is 24.5. The predicted molar refractivity (Wildman–Crippen MR) is 138 cm³/mol. The molecule has 3 aromatic heterocycles. The van der Waals surface area contributed by atoms with E-state index in [1.807, 2.05) is 23.6 Å². The fraction of sp³-hybridized carbons (Fsp3) is 0.259. The highest BCUT2D eigenvalue weighted by molar-refractivity contribution is 7.12. The van der Waals surface area contributed by atoms with Gasteiger partial charge in [-0.05, 0) is 36.6 Å². The van der Waals surface area contributed by atoms with Crippen LogP contribution in [0.5, 0.6) is 5.88 Å². The lowest BCUT2D eigenvalue weighted by Gasteiger charge is -2.28. The fourth-order valence-electron chi connectivity index (χ4n) is 4.11. The van der Waals surface area contributed by atoms with Gasteiger partial charge in [0, 0.05) is 35.5 Å². The maximum atomic E-state index is 11.8. The Morgan fingerprint density at radius 3 is 2.68 bits per heavy atom. The Morgan fingerprint density at radius 1 is 1.22 bits per heavy atom. The van der Waals surface area contributed by atoms with Crippen LogP contribution in [0.4, 0.5) is 5.69 Å². The molecule has 10 heteroatoms. The van der Waals surface area contributed by atoms with Gasteiger partial charge in [-0.3, -0.25) is 0 Å². The Balaban J connectivity index is 1.50. The van der Waals surface area contributed by atoms with Crippen LogP contribution in [0, 0.1) is 18.3 Å². The summed E-state index contributed by atoms with van der Waals surface area (Å²) in [5.41, 5.74) is 4.79. The largest absolute Gasteiger partial charge is 0.472 e. The molecule has 0 spiro atoms. The summed E-state index contributed by atoms with van der Waals surface area (Å²) in [5.74, 6) is 0.363. The van der Waals surface area contributed by atoms with Gasteiger partial charge in [0.15, 0.2) is 6.39 Å². The zero-order chi connectivity index (χ0) is 25.8. The lowest BCUT2D eigenvalue weighted by Crippen LogP contribution is -2.36. The number of rotatable bonds is 7. The van der Waals surface area contributed by atoms with Gasteiger partial charge in [-0.25, -0.2) is 14.8 Å². The quantitative estimate of drug-likeness (QED) is 0.318. The Labute approximate surface area is 217 Å². The molecule has 0 aliphatic carbocycles. The molecule has 0 unspecified atom stereocenters. The van der Waals surface area contributed by atoms with E-state index in [-0.39, 0.29) is 18.1 Å². The van der Waals surface area contributed by atoms with Crippen molar-refractivity contribution in [2.45, 2.75) is 13.5 Å². The molecule has 37 heavy (non-hydrogen) atoms. The number of nitriles is 1. The summed E-state index contributed by atoms with van der Waals surface area (Å²) in [6.07, 6.45) is 1.35. The van der Waals surface area contributed by atoms with Crippen molar-refractivity contribution in [2.75, 3.05) is 38.3 Å². The number of nitrogens with zero attached hydrogens (tertiary/aromatic N) is 4. The van der Waals surface area contributed by atoms with Crippen LogP contribution in [-0.2, 0) is 16.1 Å². The van der Waals surface area contributed by atoms with E-state index >= 15 is 0 Å². The lowest BCUT2D eigenvalue weighted by molar-refractivity contribution is 0.0606. The first-order chi connectivity index (χ1) is 18.1. The van der Waals surface area contributed by atoms with E-state index in [9.17, 15) is 10.1 Å². The van der Waals surface area contributed by atoms with Gasteiger partial charge in [-0.15, -0.1) is 11.3 Å². The van der Waals surface area contributed by atoms with Crippen LogP contribution >= 0.6 is 11.3 Å². The molecule has 0 N–H and O–H groups in total. The summed E-state index contributed by atoms with van der Waals surface area (Å²) in [5, 5.41) is 11.8. The SMILES string of the molecule is COC(=O)c1cc(COc2nc(-c3ccc(N4CCOCC4)cc3)cc(-c3ncoc3C)c2C#N)cs1. The van der Waals surface area contributed by atoms with Crippen molar-refractivity contribution in [1.29, 1.82) is 5.26 Å². The van der Waals surface area contributed by atoms with E-state index in [4.69, 9.17) is 23.6 Å². The molecule has 9 nitrogen and oxygen atoms in total. The second kappa shape index (κ2) is 10.8. The summed E-state index contributed by atoms with van der Waals surface area (Å²) < 4.78 is 21.7. The van der Waals surface area contributed by atoms with Crippen molar-refractivity contribution in [1.82, 2.24) is 9.97 Å². The molecular formula is C27H24N4O5S. The van der Waals surface area contributed by atoms with E-state index in [0.717, 1.165) is 29.9 Å². The molecule has 0 atom stereocenters. The smallest absolute Gasteiger partial charge is 0.348 e. The van der Waals surface area contributed by atoms with E-state index < -0.39 is 5.97 Å². The number of ether oxygens (including phenoxy) is 3. The highest BCUT2D eigenvalue weighted by atomic mass is 32.1. The van der Waals surface area contributed by atoms with Gasteiger partial charge in [0.2, 0.25) is 5.88 Å². The van der Waals surface area contributed by atoms with Crippen molar-refractivity contribution in [3.8, 4) is 34.5 Å². The van der Waals surface area contributed by atoms with Crippen LogP contribution in [0.25, 0.3) is 22.5 Å². The number of carbonyl (C=O) groups excluding carboxylic acids is 1. The van der Waals surface area contributed by atoms with Gasteiger partial charge >= 0.3 is 5.97 Å². The molecule has 0 bridgehead atoms. The number of aryl methyl sites for hydroxylation is 1. The van der Waals surface area contributed by atoms with Gasteiger partial charge < -0.3 is 23.5 Å². The molecule has 0 amide bonds. The maximum absolute atomic E-state index is 11.8. The molecular weight excluding hydrogens is 492 g/mol. The zero-order valence-corrected chi connectivity index (χ0v) is 21.2. The first-order valence-corrected chi connectivity index (χ1v) is 12.5. The van der Waals surface area contributed by atoms with Crippen molar-refractivity contribution >= 4 is 23.0 Å². The van der Waals surface area contributed by atoms with Gasteiger partial charge in [-0.2, -0.15) is 5.26 Å². The predicted octanol–water partition coefficient (Wildman–Crippen LogP) is 4.85. The Kier molecular flexibility index (Phi) is 7.16. The van der Waals surface area contributed by atoms with Crippen molar-refractivity contribution < 1.29 is 23.4 Å². The standard InChI is InChI=1S/C27H24N4O5S/c1-17-25(29-16-36-17)21-12-23(19-3-5-20(6-4-19)31-7-9-34-10-8-31)30-26(22(21)13-28)35-14-18-11-24(37-15-18)27(32)33-2/h3-6,11-12,15-16H,7-10,14H2,1-2H3. The highest BCUT2D eigenvalue weighted by Crippen LogP contribution is 2.35. The highest BCUT2D eigenvalue weighted by Gasteiger charge is 2.21. The number of aromatic nitrogens is 2. The number of oxazole rings is 1. The summed E-state index contributed by atoms with van der Waals surface area (Å²) in [4.78, 5) is 23.6. The van der Waals surface area contributed by atoms with Crippen LogP contribution in [0.3, 0.4) is 0 Å². The molecule has 0 saturated carbocycles. The number of anilines is 1. The van der Waals surface area contributed by atoms with Crippen molar-refractivity contribution in [2.24, 2.45) is 0 Å². The minimum atomic E-state index is -0.404. The molecule has 1 fully saturated rings. The Morgan fingerprint density at radius 2 is 2.00 bits per heavy atom. The third-order valence-corrected chi connectivity index (χ3v) is 7.01. The fourth-order valence-corrected chi connectivity index (χ4v) is 4.92. The lowest BCUT2D eigenvalue weighted by atomic mass is 10.0. The number of carbonyl (C=O) groups is 1. The minimum Gasteiger partial charge on any atom is -0.472 e. The molecule has 1 aliphatic rings. The van der Waals surface area contributed by atoms with Gasteiger partial charge in [0.1, 0.15) is 34.6 Å². The van der Waals surface area contributed by atoms with Gasteiger partial charge in [0.05, 0.1) is 26.0 Å². The summed E-state index contributed by atoms with van der Waals surface area (Å²) in [6, 6.07) is 13.9. The van der Waals surface area contributed by atoms with E-state index in [0.29, 0.717) is 40.8 Å². The van der Waals surface area contributed by atoms with Crippen LogP contribution in [0.1, 0.15) is 26.6 Å². The zero-order valence-electron chi connectivity index (χ0n) is 20.4. The molecule has 4 aromatic rings. The van der Waals surface area contributed by atoms with Crippen LogP contribution in [0.15, 0.2) is 52.6 Å². The monoisotopic (exact) mass is 516 g/mol. The topological polar surface area (TPSA) is 111 Å². The number of esters is 1. The van der Waals surface area contributed by atoms with Crippen molar-refractivity contribution in [3.63, 3.8) is 0 Å². The normalized spacial score (nSPS) is 13.3. The Bertz CT molecular complexity index is 1450. The summed E-state index contributed by atoms with van der Waals surface area (Å²) >= 11 is 1.27. The van der Waals surface area contributed by atoms with Gasteiger partial charge in [-0.1, -0.05) is 12.1 Å². The second-order valence-electron chi connectivity index (χ2n) is 8.35. The average molecular weight is 517 g/mol. The molecule has 1 aromatic carbocycles. The first-order valence-electron chi connectivity index (χ1n) is 11.6. The second-order valence-corrected chi connectivity index (χ2v) is 9.26. The number of morpholine rings is 1. The molecule has 1 aliphatic heterocycles. The summed E-state index contributed by atoms with van der Waals surface area (Å²) in [7, 11) is 1.34. The van der Waals surface area contributed by atoms with E-state index in [1.54, 1.807) is 13.0 Å². The van der Waals surface area contributed by atoms with Crippen LogP contribution < -0.4 is 9.64 Å². The number of thiophene rings is 1. The number of hydrogen-bond donors (Lipinski definition) is 0. The Hall–Kier alpha value is -4.20. The number of hydrogen-bond acceptors (Lipinski definition) is 10. The molecule has 188 valence electrons. The van der Waals surface area contributed by atoms with E-state index in [1.165, 1.54) is 24.8 Å². The molecule has 1 saturated heterocycles. The van der Waals surface area contributed by atoms with Crippen LogP contribution in [0.2, 0.25) is 0 Å². The average Bonchev–Trinajstić information content (AvgIpc) is 3.60. The van der Waals surface area contributed by atoms with Crippen LogP contribution in [-0.4, -0.2) is 49.4 Å². The number of benzene rings is 1. The maximum Gasteiger partial charge on any atom is 0.348 e. The number of methoxy groups -OCH3 is 1. The molecule has 0 radical (unpaired) electrons. The third-order valence-electron chi connectivity index (χ3n) is 6.05. The van der Waals surface area contributed by atoms with E-state index in [2.05, 4.69) is 28.1 Å². The molecule has 5 rings (SSSR count). The summed E-state index contributed by atoms with van der Waals surface area (Å²) in [6.45, 7) is 5.05. The molecule has 4 heterocycles. The minimum absolute atomic E-state index is 0.131. The van der Waals surface area contributed by atoms with Crippen molar-refractivity contribution in [3.05, 3.63) is 69.9 Å².